The Bertz CT molecular complexity index is 325. The molecule has 3 N–H and O–H groups in total. The quantitative estimate of drug-likeness (QED) is 0.771. The summed E-state index contributed by atoms with van der Waals surface area (Å²) in [6.07, 6.45) is 3.01. The summed E-state index contributed by atoms with van der Waals surface area (Å²) in [4.78, 5) is 0. The summed E-state index contributed by atoms with van der Waals surface area (Å²) in [6.45, 7) is 0.725. The number of benzene rings is 1. The van der Waals surface area contributed by atoms with Gasteiger partial charge in [0.2, 0.25) is 0 Å². The van der Waals surface area contributed by atoms with Crippen LogP contribution in [0.5, 0.6) is 0 Å². The Hall–Kier alpha value is -1.09. The molecule has 0 bridgehead atoms. The molecule has 2 nitrogen and oxygen atoms in total. The molecule has 0 aromatic heterocycles. The van der Waals surface area contributed by atoms with E-state index in [1.165, 1.54) is 6.07 Å². The second-order valence-electron chi connectivity index (χ2n) is 3.78. The van der Waals surface area contributed by atoms with E-state index in [-0.39, 0.29) is 5.82 Å². The van der Waals surface area contributed by atoms with Crippen molar-refractivity contribution in [3.05, 3.63) is 29.6 Å². The number of hydrogen-bond acceptors (Lipinski definition) is 2. The summed E-state index contributed by atoms with van der Waals surface area (Å²) < 4.78 is 12.9. The molecule has 1 aromatic carbocycles. The van der Waals surface area contributed by atoms with Crippen molar-refractivity contribution in [1.29, 1.82) is 0 Å². The lowest BCUT2D eigenvalue weighted by Crippen LogP contribution is -2.16. The third kappa shape index (κ3) is 1.87. The highest BCUT2D eigenvalue weighted by Crippen LogP contribution is 2.27. The topological polar surface area (TPSA) is 38.0 Å². The molecule has 1 aliphatic rings. The molecule has 0 saturated heterocycles. The largest absolute Gasteiger partial charge is 0.382 e. The predicted molar refractivity (Wildman–Crippen MR) is 55.8 cm³/mol. The molecule has 1 unspecified atom stereocenters. The number of nitrogens with two attached hydrogens (primary N) is 1. The lowest BCUT2D eigenvalue weighted by molar-refractivity contribution is 0.621. The summed E-state index contributed by atoms with van der Waals surface area (Å²) in [5.74, 6) is -0.148. The van der Waals surface area contributed by atoms with Crippen LogP contribution in [0.2, 0.25) is 0 Å². The second-order valence-corrected chi connectivity index (χ2v) is 3.78. The highest BCUT2D eigenvalue weighted by Gasteiger charge is 2.19. The zero-order chi connectivity index (χ0) is 9.97. The number of anilines is 1. The van der Waals surface area contributed by atoms with Gasteiger partial charge in [-0.3, -0.25) is 0 Å². The Labute approximate surface area is 83.3 Å². The van der Waals surface area contributed by atoms with Gasteiger partial charge in [-0.05, 0) is 49.6 Å². The summed E-state index contributed by atoms with van der Waals surface area (Å²) in [5, 5.41) is 3.37. The number of fused-ring (bicyclic) bond motifs is 1. The van der Waals surface area contributed by atoms with E-state index < -0.39 is 0 Å². The number of halogens is 1. The fourth-order valence-corrected chi connectivity index (χ4v) is 1.95. The van der Waals surface area contributed by atoms with Gasteiger partial charge >= 0.3 is 0 Å². The van der Waals surface area contributed by atoms with Crippen LogP contribution < -0.4 is 11.1 Å². The molecule has 0 saturated carbocycles. The molecule has 1 atom stereocenters. The third-order valence-electron chi connectivity index (χ3n) is 2.65. The summed E-state index contributed by atoms with van der Waals surface area (Å²) in [5.41, 5.74) is 7.62. The Morgan fingerprint density at radius 2 is 2.36 bits per heavy atom. The van der Waals surface area contributed by atoms with E-state index in [0.29, 0.717) is 6.04 Å². The van der Waals surface area contributed by atoms with Gasteiger partial charge in [0.25, 0.3) is 0 Å². The molecule has 3 heteroatoms. The average Bonchev–Trinajstić information content (AvgIpc) is 2.56. The molecule has 76 valence electrons. The highest BCUT2D eigenvalue weighted by molar-refractivity contribution is 5.56. The molecule has 1 aliphatic heterocycles. The van der Waals surface area contributed by atoms with Crippen molar-refractivity contribution in [3.8, 4) is 0 Å². The van der Waals surface area contributed by atoms with Crippen molar-refractivity contribution in [3.63, 3.8) is 0 Å². The highest BCUT2D eigenvalue weighted by atomic mass is 19.1. The van der Waals surface area contributed by atoms with Gasteiger partial charge in [0.05, 0.1) is 0 Å². The van der Waals surface area contributed by atoms with Gasteiger partial charge < -0.3 is 11.1 Å². The lowest BCUT2D eigenvalue weighted by Gasteiger charge is -2.09. The zero-order valence-corrected chi connectivity index (χ0v) is 8.09. The third-order valence-corrected chi connectivity index (χ3v) is 2.65. The molecule has 0 fully saturated rings. The summed E-state index contributed by atoms with van der Waals surface area (Å²) in [7, 11) is 0. The van der Waals surface area contributed by atoms with Gasteiger partial charge in [0.15, 0.2) is 0 Å². The average molecular weight is 194 g/mol. The van der Waals surface area contributed by atoms with E-state index >= 15 is 0 Å². The molecular weight excluding hydrogens is 179 g/mol. The van der Waals surface area contributed by atoms with Gasteiger partial charge in [0.1, 0.15) is 5.82 Å². The molecule has 0 spiro atoms. The van der Waals surface area contributed by atoms with Crippen molar-refractivity contribution in [2.75, 3.05) is 11.9 Å². The van der Waals surface area contributed by atoms with Crippen LogP contribution in [0.25, 0.3) is 0 Å². The monoisotopic (exact) mass is 194 g/mol. The van der Waals surface area contributed by atoms with Gasteiger partial charge in [-0.1, -0.05) is 0 Å². The van der Waals surface area contributed by atoms with Crippen molar-refractivity contribution in [2.24, 2.45) is 5.73 Å². The first-order valence-corrected chi connectivity index (χ1v) is 5.04. The predicted octanol–water partition coefficient (Wildman–Crippen LogP) is 1.90. The molecule has 14 heavy (non-hydrogen) atoms. The molecule has 2 rings (SSSR count). The van der Waals surface area contributed by atoms with E-state index in [4.69, 9.17) is 5.73 Å². The minimum Gasteiger partial charge on any atom is -0.382 e. The molecule has 1 aromatic rings. The van der Waals surface area contributed by atoms with E-state index in [2.05, 4.69) is 5.32 Å². The van der Waals surface area contributed by atoms with E-state index in [9.17, 15) is 4.39 Å². The standard InChI is InChI=1S/C11H15FN2/c12-9-3-4-11-8(6-9)7-10(14-11)2-1-5-13/h3-4,6,10,14H,1-2,5,7,13H2. The van der Waals surface area contributed by atoms with Crippen molar-refractivity contribution in [2.45, 2.75) is 25.3 Å². The van der Waals surface area contributed by atoms with Crippen LogP contribution in [0.1, 0.15) is 18.4 Å². The van der Waals surface area contributed by atoms with Crippen molar-refractivity contribution >= 4 is 5.69 Å². The number of nitrogens with one attached hydrogen (secondary N) is 1. The van der Waals surface area contributed by atoms with Crippen molar-refractivity contribution in [1.82, 2.24) is 0 Å². The fraction of sp³-hybridized carbons (Fsp3) is 0.455. The first kappa shape index (κ1) is 9.46. The van der Waals surface area contributed by atoms with Gasteiger partial charge in [-0.25, -0.2) is 4.39 Å². The number of rotatable bonds is 3. The van der Waals surface area contributed by atoms with Crippen LogP contribution >= 0.6 is 0 Å². The van der Waals surface area contributed by atoms with Crippen LogP contribution in [0.15, 0.2) is 18.2 Å². The van der Waals surface area contributed by atoms with Gasteiger partial charge in [-0.15, -0.1) is 0 Å². The maximum absolute atomic E-state index is 12.9. The summed E-state index contributed by atoms with van der Waals surface area (Å²) in [6, 6.07) is 5.37. The van der Waals surface area contributed by atoms with Crippen LogP contribution in [0.3, 0.4) is 0 Å². The lowest BCUT2D eigenvalue weighted by atomic mass is 10.1. The van der Waals surface area contributed by atoms with E-state index in [0.717, 1.165) is 37.1 Å². The molecule has 0 aliphatic carbocycles. The fourth-order valence-electron chi connectivity index (χ4n) is 1.95. The maximum Gasteiger partial charge on any atom is 0.123 e. The van der Waals surface area contributed by atoms with Crippen LogP contribution in [-0.2, 0) is 6.42 Å². The van der Waals surface area contributed by atoms with Crippen LogP contribution in [0.4, 0.5) is 10.1 Å². The van der Waals surface area contributed by atoms with Gasteiger partial charge in [-0.2, -0.15) is 0 Å². The summed E-state index contributed by atoms with van der Waals surface area (Å²) >= 11 is 0. The normalized spacial score (nSPS) is 19.1. The van der Waals surface area contributed by atoms with Gasteiger partial charge in [0, 0.05) is 11.7 Å². The molecule has 1 heterocycles. The minimum absolute atomic E-state index is 0.148. The minimum atomic E-state index is -0.148. The molecule has 0 amide bonds. The number of hydrogen-bond donors (Lipinski definition) is 2. The van der Waals surface area contributed by atoms with Crippen molar-refractivity contribution < 1.29 is 4.39 Å². The Morgan fingerprint density at radius 1 is 1.50 bits per heavy atom. The maximum atomic E-state index is 12.9. The molecular formula is C11H15FN2. The Morgan fingerprint density at radius 3 is 3.14 bits per heavy atom. The van der Waals surface area contributed by atoms with E-state index in [1.807, 2.05) is 6.07 Å². The Balaban J connectivity index is 2.03. The first-order chi connectivity index (χ1) is 6.79. The zero-order valence-electron chi connectivity index (χ0n) is 8.09. The first-order valence-electron chi connectivity index (χ1n) is 5.04. The smallest absolute Gasteiger partial charge is 0.123 e. The van der Waals surface area contributed by atoms with Crippen LogP contribution in [-0.4, -0.2) is 12.6 Å². The Kier molecular flexibility index (Phi) is 2.68. The second kappa shape index (κ2) is 3.96. The molecule has 0 radical (unpaired) electrons. The SMILES string of the molecule is NCCCC1Cc2cc(F)ccc2N1. The van der Waals surface area contributed by atoms with Crippen LogP contribution in [0, 0.1) is 5.82 Å². The van der Waals surface area contributed by atoms with E-state index in [1.54, 1.807) is 6.07 Å².